The standard InChI is InChI=1S/C25H16N2O3S/c1-27-21-12-5-4-11-20(21)26-25(27)31-16(14-28)13-15-7-6-10-19-22(15)24(30)18-9-3-2-8-17(18)23(19)29/h2-14H,1H3/b16-13+. The van der Waals surface area contributed by atoms with Crippen molar-refractivity contribution in [2.75, 3.05) is 0 Å². The van der Waals surface area contributed by atoms with E-state index >= 15 is 0 Å². The van der Waals surface area contributed by atoms with Gasteiger partial charge >= 0.3 is 0 Å². The Kier molecular flexibility index (Phi) is 4.64. The van der Waals surface area contributed by atoms with Gasteiger partial charge in [0.05, 0.1) is 15.9 Å². The third-order valence-electron chi connectivity index (χ3n) is 5.35. The van der Waals surface area contributed by atoms with Crippen LogP contribution in [0.1, 0.15) is 37.4 Å². The van der Waals surface area contributed by atoms with Gasteiger partial charge in [0.1, 0.15) is 0 Å². The van der Waals surface area contributed by atoms with Gasteiger partial charge in [0.25, 0.3) is 0 Å². The number of thioether (sulfide) groups is 1. The zero-order chi connectivity index (χ0) is 21.5. The average Bonchev–Trinajstić information content (AvgIpc) is 3.12. The summed E-state index contributed by atoms with van der Waals surface area (Å²) in [4.78, 5) is 43.0. The van der Waals surface area contributed by atoms with Crippen LogP contribution < -0.4 is 0 Å². The Balaban J connectivity index is 1.59. The molecule has 31 heavy (non-hydrogen) atoms. The fraction of sp³-hybridized carbons (Fsp3) is 0.0400. The van der Waals surface area contributed by atoms with Crippen LogP contribution in [-0.2, 0) is 11.8 Å². The lowest BCUT2D eigenvalue weighted by Crippen LogP contribution is -2.21. The van der Waals surface area contributed by atoms with Gasteiger partial charge in [0.2, 0.25) is 0 Å². The van der Waals surface area contributed by atoms with E-state index < -0.39 is 0 Å². The van der Waals surface area contributed by atoms with E-state index in [1.54, 1.807) is 48.5 Å². The number of nitrogens with zero attached hydrogens (tertiary/aromatic N) is 2. The van der Waals surface area contributed by atoms with Gasteiger partial charge in [-0.3, -0.25) is 14.4 Å². The predicted molar refractivity (Wildman–Crippen MR) is 120 cm³/mol. The molecule has 1 aliphatic carbocycles. The lowest BCUT2D eigenvalue weighted by molar-refractivity contribution is -0.104. The number of benzene rings is 3. The zero-order valence-electron chi connectivity index (χ0n) is 16.5. The van der Waals surface area contributed by atoms with Crippen molar-refractivity contribution in [3.63, 3.8) is 0 Å². The number of para-hydroxylation sites is 2. The third kappa shape index (κ3) is 3.12. The summed E-state index contributed by atoms with van der Waals surface area (Å²) >= 11 is 1.22. The quantitative estimate of drug-likeness (QED) is 0.238. The predicted octanol–water partition coefficient (Wildman–Crippen LogP) is 4.68. The molecular formula is C25H16N2O3S. The molecule has 1 heterocycles. The Morgan fingerprint density at radius 3 is 2.29 bits per heavy atom. The van der Waals surface area contributed by atoms with E-state index in [1.165, 1.54) is 11.8 Å². The van der Waals surface area contributed by atoms with Crippen LogP contribution in [0, 0.1) is 0 Å². The van der Waals surface area contributed by atoms with Crippen LogP contribution in [0.2, 0.25) is 0 Å². The Labute approximate surface area is 182 Å². The fourth-order valence-corrected chi connectivity index (χ4v) is 4.68. The molecule has 0 saturated heterocycles. The first kappa shape index (κ1) is 19.2. The highest BCUT2D eigenvalue weighted by Gasteiger charge is 2.30. The van der Waals surface area contributed by atoms with Gasteiger partial charge in [0.15, 0.2) is 23.0 Å². The lowest BCUT2D eigenvalue weighted by Gasteiger charge is -2.19. The van der Waals surface area contributed by atoms with Gasteiger partial charge in [0, 0.05) is 29.3 Å². The smallest absolute Gasteiger partial charge is 0.195 e. The largest absolute Gasteiger partial charge is 0.322 e. The first-order chi connectivity index (χ1) is 15.1. The van der Waals surface area contributed by atoms with Gasteiger partial charge in [-0.15, -0.1) is 0 Å². The van der Waals surface area contributed by atoms with E-state index in [4.69, 9.17) is 0 Å². The first-order valence-corrected chi connectivity index (χ1v) is 10.5. The van der Waals surface area contributed by atoms with Crippen molar-refractivity contribution >= 4 is 46.7 Å². The van der Waals surface area contributed by atoms with Crippen molar-refractivity contribution in [3.05, 3.63) is 99.5 Å². The summed E-state index contributed by atoms with van der Waals surface area (Å²) in [5.74, 6) is -0.397. The summed E-state index contributed by atoms with van der Waals surface area (Å²) in [5, 5.41) is 0.664. The Morgan fingerprint density at radius 1 is 0.871 bits per heavy atom. The van der Waals surface area contributed by atoms with Crippen molar-refractivity contribution in [1.82, 2.24) is 9.55 Å². The second-order valence-corrected chi connectivity index (χ2v) is 8.22. The molecule has 0 N–H and O–H groups in total. The number of ketones is 2. The van der Waals surface area contributed by atoms with E-state index in [0.717, 1.165) is 17.3 Å². The normalized spacial score (nSPS) is 13.3. The number of aryl methyl sites for hydroxylation is 1. The highest BCUT2D eigenvalue weighted by atomic mass is 32.2. The summed E-state index contributed by atoms with van der Waals surface area (Å²) in [6.07, 6.45) is 2.39. The van der Waals surface area contributed by atoms with Gasteiger partial charge in [-0.1, -0.05) is 54.6 Å². The second kappa shape index (κ2) is 7.49. The number of allylic oxidation sites excluding steroid dienone is 1. The molecule has 150 valence electrons. The van der Waals surface area contributed by atoms with Gasteiger partial charge in [-0.25, -0.2) is 4.98 Å². The van der Waals surface area contributed by atoms with E-state index in [2.05, 4.69) is 4.98 Å². The van der Waals surface area contributed by atoms with E-state index in [1.807, 2.05) is 35.9 Å². The molecule has 1 aliphatic rings. The zero-order valence-corrected chi connectivity index (χ0v) is 17.3. The number of aldehydes is 1. The highest BCUT2D eigenvalue weighted by molar-refractivity contribution is 8.03. The molecule has 0 aliphatic heterocycles. The molecular weight excluding hydrogens is 408 g/mol. The van der Waals surface area contributed by atoms with Crippen LogP contribution >= 0.6 is 11.8 Å². The average molecular weight is 424 g/mol. The molecule has 0 saturated carbocycles. The molecule has 3 aromatic carbocycles. The van der Waals surface area contributed by atoms with E-state index in [-0.39, 0.29) is 11.6 Å². The summed E-state index contributed by atoms with van der Waals surface area (Å²) in [5.41, 5.74) is 3.82. The third-order valence-corrected chi connectivity index (χ3v) is 6.35. The molecule has 5 nitrogen and oxygen atoms in total. The van der Waals surface area contributed by atoms with Crippen LogP contribution in [0.15, 0.2) is 76.8 Å². The number of fused-ring (bicyclic) bond motifs is 3. The maximum Gasteiger partial charge on any atom is 0.195 e. The number of hydrogen-bond donors (Lipinski definition) is 0. The Bertz CT molecular complexity index is 1430. The Hall–Kier alpha value is -3.77. The Morgan fingerprint density at radius 2 is 1.55 bits per heavy atom. The summed E-state index contributed by atoms with van der Waals surface area (Å²) in [7, 11) is 1.89. The number of carbonyl (C=O) groups is 3. The molecule has 0 spiro atoms. The van der Waals surface area contributed by atoms with Gasteiger partial charge in [-0.05, 0) is 35.5 Å². The van der Waals surface area contributed by atoms with E-state index in [0.29, 0.717) is 37.9 Å². The molecule has 0 bridgehead atoms. The highest BCUT2D eigenvalue weighted by Crippen LogP contribution is 2.33. The van der Waals surface area contributed by atoms with Crippen LogP contribution in [0.5, 0.6) is 0 Å². The van der Waals surface area contributed by atoms with E-state index in [9.17, 15) is 14.4 Å². The van der Waals surface area contributed by atoms with Crippen LogP contribution in [0.3, 0.4) is 0 Å². The molecule has 0 unspecified atom stereocenters. The molecule has 0 fully saturated rings. The van der Waals surface area contributed by atoms with Crippen molar-refractivity contribution in [2.24, 2.45) is 7.05 Å². The van der Waals surface area contributed by atoms with Gasteiger partial charge in [-0.2, -0.15) is 0 Å². The molecule has 0 amide bonds. The fourth-order valence-electron chi connectivity index (χ4n) is 3.85. The molecule has 6 heteroatoms. The minimum atomic E-state index is -0.213. The summed E-state index contributed by atoms with van der Waals surface area (Å²) < 4.78 is 1.92. The molecule has 0 radical (unpaired) electrons. The number of carbonyl (C=O) groups excluding carboxylic acids is 3. The summed E-state index contributed by atoms with van der Waals surface area (Å²) in [6, 6.07) is 19.7. The van der Waals surface area contributed by atoms with Crippen molar-refractivity contribution in [1.29, 1.82) is 0 Å². The van der Waals surface area contributed by atoms with Crippen LogP contribution in [0.25, 0.3) is 17.1 Å². The lowest BCUT2D eigenvalue weighted by atomic mass is 9.82. The number of imidazole rings is 1. The number of aromatic nitrogens is 2. The minimum absolute atomic E-state index is 0.184. The molecule has 1 aromatic heterocycles. The van der Waals surface area contributed by atoms with Crippen molar-refractivity contribution < 1.29 is 14.4 Å². The summed E-state index contributed by atoms with van der Waals surface area (Å²) in [6.45, 7) is 0. The van der Waals surface area contributed by atoms with Crippen LogP contribution in [0.4, 0.5) is 0 Å². The maximum atomic E-state index is 13.2. The van der Waals surface area contributed by atoms with Gasteiger partial charge < -0.3 is 4.57 Å². The first-order valence-electron chi connectivity index (χ1n) is 9.66. The topological polar surface area (TPSA) is 69.0 Å². The van der Waals surface area contributed by atoms with Crippen molar-refractivity contribution in [2.45, 2.75) is 5.16 Å². The van der Waals surface area contributed by atoms with Crippen molar-refractivity contribution in [3.8, 4) is 0 Å². The number of hydrogen-bond acceptors (Lipinski definition) is 5. The molecule has 0 atom stereocenters. The monoisotopic (exact) mass is 424 g/mol. The minimum Gasteiger partial charge on any atom is -0.322 e. The SMILES string of the molecule is Cn1c(S/C(C=O)=C/c2cccc3c2C(=O)c2ccccc2C3=O)nc2ccccc21. The molecule has 4 aromatic rings. The number of rotatable bonds is 4. The maximum absolute atomic E-state index is 13.2. The molecule has 5 rings (SSSR count). The second-order valence-electron chi connectivity index (χ2n) is 7.18. The van der Waals surface area contributed by atoms with Crippen LogP contribution in [-0.4, -0.2) is 27.4 Å².